The van der Waals surface area contributed by atoms with Crippen LogP contribution < -0.4 is 10.6 Å². The molecular formula is C11H20N2O2. The minimum Gasteiger partial charge on any atom is -0.359 e. The monoisotopic (exact) mass is 212 g/mol. The van der Waals surface area contributed by atoms with Gasteiger partial charge in [-0.25, -0.2) is 0 Å². The number of hydrogen-bond donors (Lipinski definition) is 2. The Labute approximate surface area is 91.1 Å². The van der Waals surface area contributed by atoms with Gasteiger partial charge in [0.05, 0.1) is 0 Å². The summed E-state index contributed by atoms with van der Waals surface area (Å²) in [6, 6.07) is -0.0212. The van der Waals surface area contributed by atoms with Crippen molar-refractivity contribution in [2.24, 2.45) is 0 Å². The fraction of sp³-hybridized carbons (Fsp3) is 0.636. The van der Waals surface area contributed by atoms with E-state index in [-0.39, 0.29) is 24.3 Å². The Kier molecular flexibility index (Phi) is 5.67. The van der Waals surface area contributed by atoms with E-state index in [9.17, 15) is 9.59 Å². The minimum atomic E-state index is -0.269. The quantitative estimate of drug-likeness (QED) is 0.539. The smallest absolute Gasteiger partial charge is 0.229 e. The first-order chi connectivity index (χ1) is 6.88. The van der Waals surface area contributed by atoms with Crippen molar-refractivity contribution in [3.8, 4) is 0 Å². The first kappa shape index (κ1) is 13.7. The molecule has 0 bridgehead atoms. The SMILES string of the molecule is CNC(=O)CC(=O)NC(C)C(C)=C(C)C. The molecule has 0 aliphatic heterocycles. The van der Waals surface area contributed by atoms with Crippen molar-refractivity contribution in [2.45, 2.75) is 40.2 Å². The normalized spacial score (nSPS) is 11.5. The van der Waals surface area contributed by atoms with Crippen LogP contribution in [0.2, 0.25) is 0 Å². The molecule has 0 fully saturated rings. The van der Waals surface area contributed by atoms with E-state index in [4.69, 9.17) is 0 Å². The summed E-state index contributed by atoms with van der Waals surface area (Å²) in [6.07, 6.45) is -0.114. The van der Waals surface area contributed by atoms with E-state index < -0.39 is 0 Å². The van der Waals surface area contributed by atoms with Crippen LogP contribution in [-0.2, 0) is 9.59 Å². The van der Waals surface area contributed by atoms with E-state index in [1.54, 1.807) is 0 Å². The number of carbonyl (C=O) groups excluding carboxylic acids is 2. The van der Waals surface area contributed by atoms with Crippen LogP contribution in [-0.4, -0.2) is 24.9 Å². The van der Waals surface area contributed by atoms with E-state index >= 15 is 0 Å². The minimum absolute atomic E-state index is 0.0212. The number of allylic oxidation sites excluding steroid dienone is 1. The average Bonchev–Trinajstić information content (AvgIpc) is 2.15. The molecule has 0 spiro atoms. The summed E-state index contributed by atoms with van der Waals surface area (Å²) >= 11 is 0. The molecule has 0 saturated heterocycles. The van der Waals surface area contributed by atoms with Crippen molar-refractivity contribution in [3.05, 3.63) is 11.1 Å². The van der Waals surface area contributed by atoms with E-state index in [1.165, 1.54) is 12.6 Å². The largest absolute Gasteiger partial charge is 0.359 e. The number of amides is 2. The van der Waals surface area contributed by atoms with Crippen LogP contribution in [0.3, 0.4) is 0 Å². The lowest BCUT2D eigenvalue weighted by Crippen LogP contribution is -2.36. The van der Waals surface area contributed by atoms with Crippen LogP contribution in [0.25, 0.3) is 0 Å². The summed E-state index contributed by atoms with van der Waals surface area (Å²) in [5.41, 5.74) is 2.31. The second-order valence-corrected chi connectivity index (χ2v) is 3.82. The Hall–Kier alpha value is -1.32. The van der Waals surface area contributed by atoms with Crippen LogP contribution in [0.5, 0.6) is 0 Å². The molecule has 0 saturated carbocycles. The lowest BCUT2D eigenvalue weighted by Gasteiger charge is -2.15. The fourth-order valence-corrected chi connectivity index (χ4v) is 1.07. The Morgan fingerprint density at radius 1 is 1.13 bits per heavy atom. The molecule has 15 heavy (non-hydrogen) atoms. The van der Waals surface area contributed by atoms with Crippen LogP contribution in [0.15, 0.2) is 11.1 Å². The van der Waals surface area contributed by atoms with Crippen molar-refractivity contribution in [1.29, 1.82) is 0 Å². The maximum Gasteiger partial charge on any atom is 0.229 e. The first-order valence-electron chi connectivity index (χ1n) is 5.02. The fourth-order valence-electron chi connectivity index (χ4n) is 1.07. The van der Waals surface area contributed by atoms with Crippen LogP contribution in [0.4, 0.5) is 0 Å². The van der Waals surface area contributed by atoms with Gasteiger partial charge in [-0.2, -0.15) is 0 Å². The van der Waals surface area contributed by atoms with E-state index in [1.807, 2.05) is 27.7 Å². The summed E-state index contributed by atoms with van der Waals surface area (Å²) < 4.78 is 0. The molecule has 0 aliphatic rings. The third kappa shape index (κ3) is 5.20. The molecule has 2 N–H and O–H groups in total. The predicted octanol–water partition coefficient (Wildman–Crippen LogP) is 0.983. The van der Waals surface area contributed by atoms with Gasteiger partial charge in [0.15, 0.2) is 0 Å². The summed E-state index contributed by atoms with van der Waals surface area (Å²) in [4.78, 5) is 22.3. The maximum absolute atomic E-state index is 11.4. The standard InChI is InChI=1S/C11H20N2O2/c1-7(2)8(3)9(4)13-11(15)6-10(14)12-5/h9H,6H2,1-5H3,(H,12,14)(H,13,15). The van der Waals surface area contributed by atoms with Crippen LogP contribution >= 0.6 is 0 Å². The number of carbonyl (C=O) groups is 2. The molecule has 0 heterocycles. The Morgan fingerprint density at radius 3 is 2.07 bits per heavy atom. The number of rotatable bonds is 4. The third-order valence-corrected chi connectivity index (χ3v) is 2.42. The maximum atomic E-state index is 11.4. The van der Waals surface area contributed by atoms with Gasteiger partial charge >= 0.3 is 0 Å². The van der Waals surface area contributed by atoms with E-state index in [2.05, 4.69) is 10.6 Å². The highest BCUT2D eigenvalue weighted by atomic mass is 16.2. The zero-order valence-electron chi connectivity index (χ0n) is 10.1. The van der Waals surface area contributed by atoms with Gasteiger partial charge in [-0.3, -0.25) is 9.59 Å². The Balaban J connectivity index is 4.20. The number of nitrogens with one attached hydrogen (secondary N) is 2. The molecular weight excluding hydrogens is 192 g/mol. The lowest BCUT2D eigenvalue weighted by atomic mass is 10.1. The topological polar surface area (TPSA) is 58.2 Å². The Morgan fingerprint density at radius 2 is 1.67 bits per heavy atom. The van der Waals surface area contributed by atoms with Gasteiger partial charge in [-0.15, -0.1) is 0 Å². The molecule has 0 aromatic rings. The average molecular weight is 212 g/mol. The highest BCUT2D eigenvalue weighted by molar-refractivity contribution is 5.96. The summed E-state index contributed by atoms with van der Waals surface area (Å²) in [5, 5.41) is 5.18. The molecule has 0 aliphatic carbocycles. The Bertz CT molecular complexity index is 278. The van der Waals surface area contributed by atoms with Gasteiger partial charge in [-0.1, -0.05) is 11.1 Å². The second-order valence-electron chi connectivity index (χ2n) is 3.82. The third-order valence-electron chi connectivity index (χ3n) is 2.42. The van der Waals surface area contributed by atoms with Gasteiger partial charge in [0.1, 0.15) is 6.42 Å². The molecule has 4 heteroatoms. The molecule has 1 unspecified atom stereocenters. The van der Waals surface area contributed by atoms with Gasteiger partial charge in [-0.05, 0) is 27.7 Å². The molecule has 2 amide bonds. The van der Waals surface area contributed by atoms with Gasteiger partial charge in [0.25, 0.3) is 0 Å². The molecule has 86 valence electrons. The summed E-state index contributed by atoms with van der Waals surface area (Å²) in [5.74, 6) is -0.517. The van der Waals surface area contributed by atoms with Gasteiger partial charge in [0, 0.05) is 13.1 Å². The lowest BCUT2D eigenvalue weighted by molar-refractivity contribution is -0.129. The van der Waals surface area contributed by atoms with E-state index in [0.717, 1.165) is 5.57 Å². The zero-order chi connectivity index (χ0) is 12.0. The molecule has 0 radical (unpaired) electrons. The highest BCUT2D eigenvalue weighted by Gasteiger charge is 2.12. The predicted molar refractivity (Wildman–Crippen MR) is 60.3 cm³/mol. The molecule has 0 aromatic heterocycles. The zero-order valence-corrected chi connectivity index (χ0v) is 10.1. The van der Waals surface area contributed by atoms with Gasteiger partial charge < -0.3 is 10.6 Å². The summed E-state index contributed by atoms with van der Waals surface area (Å²) in [7, 11) is 1.51. The second kappa shape index (κ2) is 6.22. The van der Waals surface area contributed by atoms with Crippen molar-refractivity contribution in [3.63, 3.8) is 0 Å². The number of hydrogen-bond acceptors (Lipinski definition) is 2. The van der Waals surface area contributed by atoms with Crippen LogP contribution in [0.1, 0.15) is 34.1 Å². The van der Waals surface area contributed by atoms with Crippen LogP contribution in [0, 0.1) is 0 Å². The molecule has 0 aromatic carbocycles. The molecule has 4 nitrogen and oxygen atoms in total. The van der Waals surface area contributed by atoms with Gasteiger partial charge in [0.2, 0.25) is 11.8 Å². The highest BCUT2D eigenvalue weighted by Crippen LogP contribution is 2.07. The van der Waals surface area contributed by atoms with Crippen molar-refractivity contribution in [2.75, 3.05) is 7.05 Å². The van der Waals surface area contributed by atoms with E-state index in [0.29, 0.717) is 0 Å². The first-order valence-corrected chi connectivity index (χ1v) is 5.02. The van der Waals surface area contributed by atoms with Crippen molar-refractivity contribution < 1.29 is 9.59 Å². The van der Waals surface area contributed by atoms with Crippen molar-refractivity contribution >= 4 is 11.8 Å². The molecule has 0 rings (SSSR count). The summed E-state index contributed by atoms with van der Waals surface area (Å²) in [6.45, 7) is 7.87. The molecule has 1 atom stereocenters. The van der Waals surface area contributed by atoms with Crippen molar-refractivity contribution in [1.82, 2.24) is 10.6 Å².